The second-order valence-electron chi connectivity index (χ2n) is 4.80. The molecular formula is C12H21NO4. The van der Waals surface area contributed by atoms with Crippen LogP contribution < -0.4 is 5.32 Å². The smallest absolute Gasteiger partial charge is 0.306 e. The summed E-state index contributed by atoms with van der Waals surface area (Å²) in [5.74, 6) is -1.16. The Morgan fingerprint density at radius 2 is 2.12 bits per heavy atom. The zero-order chi connectivity index (χ0) is 12.8. The van der Waals surface area contributed by atoms with E-state index in [1.807, 2.05) is 13.8 Å². The van der Waals surface area contributed by atoms with Crippen LogP contribution in [0, 0.1) is 11.8 Å². The lowest BCUT2D eigenvalue weighted by molar-refractivity contribution is -0.143. The van der Waals surface area contributed by atoms with Crippen LogP contribution in [0.4, 0.5) is 0 Å². The van der Waals surface area contributed by atoms with Gasteiger partial charge in [0.1, 0.15) is 6.61 Å². The highest BCUT2D eigenvalue weighted by Gasteiger charge is 2.32. The molecule has 1 rings (SSSR count). The van der Waals surface area contributed by atoms with E-state index in [0.29, 0.717) is 6.54 Å². The number of hydrogen-bond donors (Lipinski definition) is 2. The predicted octanol–water partition coefficient (Wildman–Crippen LogP) is 1.03. The predicted molar refractivity (Wildman–Crippen MR) is 62.6 cm³/mol. The molecule has 2 N–H and O–H groups in total. The quantitative estimate of drug-likeness (QED) is 0.730. The molecular weight excluding hydrogens is 222 g/mol. The van der Waals surface area contributed by atoms with Crippen molar-refractivity contribution in [3.63, 3.8) is 0 Å². The molecule has 0 radical (unpaired) electrons. The van der Waals surface area contributed by atoms with E-state index >= 15 is 0 Å². The van der Waals surface area contributed by atoms with Crippen molar-refractivity contribution < 1.29 is 19.4 Å². The second-order valence-corrected chi connectivity index (χ2v) is 4.80. The van der Waals surface area contributed by atoms with Crippen molar-refractivity contribution in [1.29, 1.82) is 0 Å². The summed E-state index contributed by atoms with van der Waals surface area (Å²) in [5.41, 5.74) is 0. The fourth-order valence-corrected chi connectivity index (χ4v) is 2.14. The first kappa shape index (κ1) is 14.0. The van der Waals surface area contributed by atoms with Gasteiger partial charge in [0.15, 0.2) is 0 Å². The molecule has 0 aromatic carbocycles. The summed E-state index contributed by atoms with van der Waals surface area (Å²) < 4.78 is 5.16. The zero-order valence-electron chi connectivity index (χ0n) is 10.4. The van der Waals surface area contributed by atoms with Crippen molar-refractivity contribution in [2.45, 2.75) is 39.2 Å². The Hall–Kier alpha value is -1.10. The molecule has 0 saturated heterocycles. The molecule has 98 valence electrons. The number of amides is 1. The third-order valence-corrected chi connectivity index (χ3v) is 3.09. The summed E-state index contributed by atoms with van der Waals surface area (Å²) in [7, 11) is 0. The van der Waals surface area contributed by atoms with Gasteiger partial charge in [-0.2, -0.15) is 0 Å². The molecule has 0 bridgehead atoms. The van der Waals surface area contributed by atoms with Gasteiger partial charge < -0.3 is 15.2 Å². The molecule has 0 aromatic rings. The largest absolute Gasteiger partial charge is 0.481 e. The maximum Gasteiger partial charge on any atom is 0.306 e. The highest BCUT2D eigenvalue weighted by Crippen LogP contribution is 2.31. The second kappa shape index (κ2) is 6.59. The van der Waals surface area contributed by atoms with Crippen molar-refractivity contribution in [3.8, 4) is 0 Å². The first-order valence-electron chi connectivity index (χ1n) is 6.11. The maximum absolute atomic E-state index is 11.4. The van der Waals surface area contributed by atoms with Crippen LogP contribution in [0.1, 0.15) is 33.1 Å². The topological polar surface area (TPSA) is 75.6 Å². The highest BCUT2D eigenvalue weighted by atomic mass is 16.5. The molecule has 1 aliphatic rings. The molecule has 0 heterocycles. The molecule has 5 nitrogen and oxygen atoms in total. The number of hydrogen-bond acceptors (Lipinski definition) is 3. The normalized spacial score (nSPS) is 23.9. The molecule has 1 aliphatic carbocycles. The van der Waals surface area contributed by atoms with E-state index in [2.05, 4.69) is 5.32 Å². The Morgan fingerprint density at radius 3 is 2.71 bits per heavy atom. The van der Waals surface area contributed by atoms with E-state index in [4.69, 9.17) is 9.84 Å². The van der Waals surface area contributed by atoms with Crippen molar-refractivity contribution in [2.75, 3.05) is 13.2 Å². The van der Waals surface area contributed by atoms with Gasteiger partial charge in [-0.3, -0.25) is 9.59 Å². The minimum atomic E-state index is -0.750. The van der Waals surface area contributed by atoms with Gasteiger partial charge in [0.25, 0.3) is 0 Å². The first-order chi connectivity index (χ1) is 8.00. The van der Waals surface area contributed by atoms with Gasteiger partial charge in [0, 0.05) is 6.54 Å². The number of carboxylic acid groups (broad SMARTS) is 1. The lowest BCUT2D eigenvalue weighted by Crippen LogP contribution is -2.35. The van der Waals surface area contributed by atoms with Gasteiger partial charge in [-0.1, -0.05) is 6.42 Å². The monoisotopic (exact) mass is 243 g/mol. The van der Waals surface area contributed by atoms with Crippen LogP contribution in [0.25, 0.3) is 0 Å². The minimum Gasteiger partial charge on any atom is -0.481 e. The molecule has 5 heteroatoms. The SMILES string of the molecule is CC(C)OCC(=O)NCC1CCCC1C(=O)O. The Balaban J connectivity index is 2.25. The fraction of sp³-hybridized carbons (Fsp3) is 0.833. The average molecular weight is 243 g/mol. The molecule has 1 saturated carbocycles. The molecule has 0 aliphatic heterocycles. The minimum absolute atomic E-state index is 0.0269. The van der Waals surface area contributed by atoms with E-state index in [1.165, 1.54) is 0 Å². The number of carboxylic acids is 1. The van der Waals surface area contributed by atoms with Gasteiger partial charge in [-0.15, -0.1) is 0 Å². The third-order valence-electron chi connectivity index (χ3n) is 3.09. The van der Waals surface area contributed by atoms with Gasteiger partial charge in [-0.25, -0.2) is 0 Å². The number of nitrogens with one attached hydrogen (secondary N) is 1. The maximum atomic E-state index is 11.4. The van der Waals surface area contributed by atoms with Crippen LogP contribution >= 0.6 is 0 Å². The zero-order valence-corrected chi connectivity index (χ0v) is 10.4. The summed E-state index contributed by atoms with van der Waals surface area (Å²) in [6.45, 7) is 4.22. The van der Waals surface area contributed by atoms with Gasteiger partial charge in [0.05, 0.1) is 12.0 Å². The molecule has 17 heavy (non-hydrogen) atoms. The van der Waals surface area contributed by atoms with E-state index in [1.54, 1.807) is 0 Å². The van der Waals surface area contributed by atoms with Gasteiger partial charge >= 0.3 is 5.97 Å². The van der Waals surface area contributed by atoms with Crippen LogP contribution in [0.2, 0.25) is 0 Å². The summed E-state index contributed by atoms with van der Waals surface area (Å²) in [6, 6.07) is 0. The fourth-order valence-electron chi connectivity index (χ4n) is 2.14. The number of carbonyl (C=O) groups is 2. The number of aliphatic carboxylic acids is 1. The van der Waals surface area contributed by atoms with Crippen LogP contribution in [0.3, 0.4) is 0 Å². The standard InChI is InChI=1S/C12H21NO4/c1-8(2)17-7-11(14)13-6-9-4-3-5-10(9)12(15)16/h8-10H,3-7H2,1-2H3,(H,13,14)(H,15,16). The lowest BCUT2D eigenvalue weighted by Gasteiger charge is -2.16. The third kappa shape index (κ3) is 4.73. The first-order valence-corrected chi connectivity index (χ1v) is 6.11. The average Bonchev–Trinajstić information content (AvgIpc) is 2.71. The summed E-state index contributed by atoms with van der Waals surface area (Å²) >= 11 is 0. The summed E-state index contributed by atoms with van der Waals surface area (Å²) in [6.07, 6.45) is 2.56. The number of carbonyl (C=O) groups excluding carboxylic acids is 1. The molecule has 2 atom stereocenters. The Morgan fingerprint density at radius 1 is 1.41 bits per heavy atom. The van der Waals surface area contributed by atoms with Crippen molar-refractivity contribution in [3.05, 3.63) is 0 Å². The van der Waals surface area contributed by atoms with Crippen molar-refractivity contribution >= 4 is 11.9 Å². The van der Waals surface area contributed by atoms with Crippen LogP contribution in [0.15, 0.2) is 0 Å². The molecule has 1 fully saturated rings. The Kier molecular flexibility index (Phi) is 5.41. The molecule has 0 spiro atoms. The highest BCUT2D eigenvalue weighted by molar-refractivity contribution is 5.77. The van der Waals surface area contributed by atoms with Crippen LogP contribution in [-0.4, -0.2) is 36.2 Å². The molecule has 2 unspecified atom stereocenters. The van der Waals surface area contributed by atoms with Gasteiger partial charge in [0.2, 0.25) is 5.91 Å². The van der Waals surface area contributed by atoms with E-state index in [0.717, 1.165) is 19.3 Å². The van der Waals surface area contributed by atoms with E-state index in [-0.39, 0.29) is 30.5 Å². The Bertz CT molecular complexity index is 278. The van der Waals surface area contributed by atoms with Crippen LogP contribution in [0.5, 0.6) is 0 Å². The Labute approximate surface area is 102 Å². The van der Waals surface area contributed by atoms with Crippen LogP contribution in [-0.2, 0) is 14.3 Å². The van der Waals surface area contributed by atoms with E-state index < -0.39 is 5.97 Å². The van der Waals surface area contributed by atoms with Gasteiger partial charge in [-0.05, 0) is 32.6 Å². The molecule has 0 aromatic heterocycles. The number of rotatable bonds is 6. The lowest BCUT2D eigenvalue weighted by atomic mass is 9.96. The number of ether oxygens (including phenoxy) is 1. The summed E-state index contributed by atoms with van der Waals surface area (Å²) in [5, 5.41) is 11.7. The summed E-state index contributed by atoms with van der Waals surface area (Å²) in [4.78, 5) is 22.3. The van der Waals surface area contributed by atoms with E-state index in [9.17, 15) is 9.59 Å². The van der Waals surface area contributed by atoms with Crippen molar-refractivity contribution in [1.82, 2.24) is 5.32 Å². The molecule has 1 amide bonds. The van der Waals surface area contributed by atoms with Crippen molar-refractivity contribution in [2.24, 2.45) is 11.8 Å².